The van der Waals surface area contributed by atoms with Gasteiger partial charge >= 0.3 is 5.97 Å². The maximum atomic E-state index is 11.3. The SMILES string of the molecule is CNC(=O)c1ccc(NCc2cc(C(=O)O)ccn2)nn1. The van der Waals surface area contributed by atoms with Crippen molar-refractivity contribution in [1.82, 2.24) is 20.5 Å². The lowest BCUT2D eigenvalue weighted by Gasteiger charge is -2.05. The van der Waals surface area contributed by atoms with Crippen molar-refractivity contribution in [2.24, 2.45) is 0 Å². The zero-order chi connectivity index (χ0) is 15.2. The Morgan fingerprint density at radius 2 is 2.05 bits per heavy atom. The zero-order valence-electron chi connectivity index (χ0n) is 11.2. The summed E-state index contributed by atoms with van der Waals surface area (Å²) in [5.41, 5.74) is 0.948. The highest BCUT2D eigenvalue weighted by atomic mass is 16.4. The third-order valence-electron chi connectivity index (χ3n) is 2.64. The number of nitrogens with zero attached hydrogens (tertiary/aromatic N) is 3. The summed E-state index contributed by atoms with van der Waals surface area (Å²) in [7, 11) is 1.51. The highest BCUT2D eigenvalue weighted by molar-refractivity contribution is 5.91. The normalized spacial score (nSPS) is 9.95. The number of aromatic nitrogens is 3. The number of carbonyl (C=O) groups excluding carboxylic acids is 1. The van der Waals surface area contributed by atoms with Crippen LogP contribution >= 0.6 is 0 Å². The van der Waals surface area contributed by atoms with Crippen LogP contribution in [0, 0.1) is 0 Å². The van der Waals surface area contributed by atoms with Crippen LogP contribution < -0.4 is 10.6 Å². The lowest BCUT2D eigenvalue weighted by Crippen LogP contribution is -2.19. The van der Waals surface area contributed by atoms with Crippen molar-refractivity contribution in [3.63, 3.8) is 0 Å². The number of nitrogens with one attached hydrogen (secondary N) is 2. The Bertz CT molecular complexity index is 657. The molecule has 0 radical (unpaired) electrons. The van der Waals surface area contributed by atoms with Gasteiger partial charge in [-0.25, -0.2) is 4.79 Å². The van der Waals surface area contributed by atoms with E-state index in [-0.39, 0.29) is 17.2 Å². The van der Waals surface area contributed by atoms with Gasteiger partial charge in [-0.1, -0.05) is 0 Å². The van der Waals surface area contributed by atoms with Gasteiger partial charge in [-0.3, -0.25) is 9.78 Å². The van der Waals surface area contributed by atoms with Crippen LogP contribution in [0.25, 0.3) is 0 Å². The molecule has 2 aromatic heterocycles. The molecule has 0 aliphatic rings. The maximum absolute atomic E-state index is 11.3. The molecule has 0 spiro atoms. The van der Waals surface area contributed by atoms with Gasteiger partial charge < -0.3 is 15.7 Å². The molecule has 2 heterocycles. The van der Waals surface area contributed by atoms with Gasteiger partial charge in [0.1, 0.15) is 5.82 Å². The second kappa shape index (κ2) is 6.42. The number of carboxylic acid groups (broad SMARTS) is 1. The van der Waals surface area contributed by atoms with Gasteiger partial charge in [-0.05, 0) is 24.3 Å². The van der Waals surface area contributed by atoms with E-state index in [0.717, 1.165) is 0 Å². The molecule has 0 bridgehead atoms. The number of amides is 1. The Labute approximate surface area is 120 Å². The smallest absolute Gasteiger partial charge is 0.335 e. The number of rotatable bonds is 5. The molecule has 1 amide bonds. The van der Waals surface area contributed by atoms with Crippen molar-refractivity contribution in [3.8, 4) is 0 Å². The predicted molar refractivity (Wildman–Crippen MR) is 73.9 cm³/mol. The summed E-state index contributed by atoms with van der Waals surface area (Å²) >= 11 is 0. The first-order valence-corrected chi connectivity index (χ1v) is 6.08. The van der Waals surface area contributed by atoms with Crippen molar-refractivity contribution in [2.75, 3.05) is 12.4 Å². The Balaban J connectivity index is 2.01. The monoisotopic (exact) mass is 287 g/mol. The highest BCUT2D eigenvalue weighted by Crippen LogP contribution is 2.06. The summed E-state index contributed by atoms with van der Waals surface area (Å²) in [6.07, 6.45) is 1.43. The van der Waals surface area contributed by atoms with Gasteiger partial charge in [0.25, 0.3) is 5.91 Å². The van der Waals surface area contributed by atoms with E-state index in [1.165, 1.54) is 31.4 Å². The molecular weight excluding hydrogens is 274 g/mol. The number of hydrogen-bond acceptors (Lipinski definition) is 6. The van der Waals surface area contributed by atoms with Gasteiger partial charge in [-0.15, -0.1) is 10.2 Å². The third kappa shape index (κ3) is 3.72. The number of anilines is 1. The molecule has 108 valence electrons. The Kier molecular flexibility index (Phi) is 4.39. The van der Waals surface area contributed by atoms with Crippen molar-refractivity contribution in [1.29, 1.82) is 0 Å². The van der Waals surface area contributed by atoms with E-state index in [1.807, 2.05) is 0 Å². The molecule has 0 aliphatic heterocycles. The molecule has 0 saturated carbocycles. The summed E-state index contributed by atoms with van der Waals surface area (Å²) in [4.78, 5) is 26.2. The molecule has 2 aromatic rings. The van der Waals surface area contributed by atoms with Gasteiger partial charge in [-0.2, -0.15) is 0 Å². The van der Waals surface area contributed by atoms with E-state index in [1.54, 1.807) is 6.07 Å². The molecule has 3 N–H and O–H groups in total. The minimum absolute atomic E-state index is 0.169. The first-order chi connectivity index (χ1) is 10.1. The van der Waals surface area contributed by atoms with E-state index < -0.39 is 5.97 Å². The van der Waals surface area contributed by atoms with Crippen molar-refractivity contribution >= 4 is 17.7 Å². The van der Waals surface area contributed by atoms with E-state index in [9.17, 15) is 9.59 Å². The Morgan fingerprint density at radius 3 is 2.67 bits per heavy atom. The van der Waals surface area contributed by atoms with E-state index in [0.29, 0.717) is 18.1 Å². The minimum Gasteiger partial charge on any atom is -0.478 e. The molecule has 21 heavy (non-hydrogen) atoms. The molecular formula is C13H13N5O3. The van der Waals surface area contributed by atoms with Gasteiger partial charge in [0.15, 0.2) is 5.69 Å². The lowest BCUT2D eigenvalue weighted by molar-refractivity contribution is 0.0696. The predicted octanol–water partition coefficient (Wildman–Crippen LogP) is 0.541. The largest absolute Gasteiger partial charge is 0.478 e. The maximum Gasteiger partial charge on any atom is 0.335 e. The summed E-state index contributed by atoms with van der Waals surface area (Å²) < 4.78 is 0. The first kappa shape index (κ1) is 14.4. The molecule has 8 nitrogen and oxygen atoms in total. The zero-order valence-corrected chi connectivity index (χ0v) is 11.2. The lowest BCUT2D eigenvalue weighted by atomic mass is 10.2. The van der Waals surface area contributed by atoms with Crippen LogP contribution in [-0.2, 0) is 6.54 Å². The highest BCUT2D eigenvalue weighted by Gasteiger charge is 2.06. The summed E-state index contributed by atoms with van der Waals surface area (Å²) in [6, 6.07) is 6.04. The number of carbonyl (C=O) groups is 2. The average molecular weight is 287 g/mol. The second-order valence-corrected chi connectivity index (χ2v) is 4.08. The van der Waals surface area contributed by atoms with Crippen LogP contribution in [0.3, 0.4) is 0 Å². The molecule has 0 atom stereocenters. The van der Waals surface area contributed by atoms with Crippen LogP contribution in [0.4, 0.5) is 5.82 Å². The Hall–Kier alpha value is -3.03. The fourth-order valence-electron chi connectivity index (χ4n) is 1.56. The molecule has 0 fully saturated rings. The third-order valence-corrected chi connectivity index (χ3v) is 2.64. The number of aromatic carboxylic acids is 1. The molecule has 2 rings (SSSR count). The number of pyridine rings is 1. The number of hydrogen-bond donors (Lipinski definition) is 3. The van der Waals surface area contributed by atoms with Crippen molar-refractivity contribution < 1.29 is 14.7 Å². The van der Waals surface area contributed by atoms with Crippen LogP contribution in [-0.4, -0.2) is 39.2 Å². The standard InChI is InChI=1S/C13H13N5O3/c1-14-12(19)10-2-3-11(18-17-10)16-7-9-6-8(13(20)21)4-5-15-9/h2-6H,7H2,1H3,(H,14,19)(H,16,18)(H,20,21). The van der Waals surface area contributed by atoms with Crippen LogP contribution in [0.15, 0.2) is 30.5 Å². The van der Waals surface area contributed by atoms with Crippen molar-refractivity contribution in [3.05, 3.63) is 47.4 Å². The minimum atomic E-state index is -1.01. The summed E-state index contributed by atoms with van der Waals surface area (Å²) in [5, 5.41) is 21.9. The second-order valence-electron chi connectivity index (χ2n) is 4.08. The fraction of sp³-hybridized carbons (Fsp3) is 0.154. The van der Waals surface area contributed by atoms with E-state index >= 15 is 0 Å². The fourth-order valence-corrected chi connectivity index (χ4v) is 1.56. The molecule has 8 heteroatoms. The molecule has 0 unspecified atom stereocenters. The van der Waals surface area contributed by atoms with Gasteiger partial charge in [0, 0.05) is 13.2 Å². The molecule has 0 aromatic carbocycles. The van der Waals surface area contributed by atoms with Crippen LogP contribution in [0.5, 0.6) is 0 Å². The Morgan fingerprint density at radius 1 is 1.24 bits per heavy atom. The van der Waals surface area contributed by atoms with Crippen LogP contribution in [0.1, 0.15) is 26.5 Å². The van der Waals surface area contributed by atoms with Gasteiger partial charge in [0.2, 0.25) is 0 Å². The summed E-state index contributed by atoms with van der Waals surface area (Å²) in [6.45, 7) is 0.301. The quantitative estimate of drug-likeness (QED) is 0.734. The molecule has 0 saturated heterocycles. The van der Waals surface area contributed by atoms with Gasteiger partial charge in [0.05, 0.1) is 17.8 Å². The van der Waals surface area contributed by atoms with E-state index in [2.05, 4.69) is 25.8 Å². The number of carboxylic acids is 1. The van der Waals surface area contributed by atoms with E-state index in [4.69, 9.17) is 5.11 Å². The molecule has 0 aliphatic carbocycles. The first-order valence-electron chi connectivity index (χ1n) is 6.08. The summed E-state index contributed by atoms with van der Waals surface area (Å²) in [5.74, 6) is -0.858. The van der Waals surface area contributed by atoms with Crippen molar-refractivity contribution in [2.45, 2.75) is 6.54 Å². The average Bonchev–Trinajstić information content (AvgIpc) is 2.53. The topological polar surface area (TPSA) is 117 Å². The van der Waals surface area contributed by atoms with Crippen LogP contribution in [0.2, 0.25) is 0 Å².